The number of hydrogen-bond donors (Lipinski definition) is 4. The van der Waals surface area contributed by atoms with Gasteiger partial charge < -0.3 is 25.2 Å². The molecule has 7 heteroatoms. The Morgan fingerprint density at radius 2 is 2.05 bits per heavy atom. The first-order valence-corrected chi connectivity index (χ1v) is 5.69. The van der Waals surface area contributed by atoms with Crippen molar-refractivity contribution < 1.29 is 30.0 Å². The van der Waals surface area contributed by atoms with Crippen molar-refractivity contribution in [1.82, 2.24) is 4.98 Å². The van der Waals surface area contributed by atoms with E-state index in [0.717, 1.165) is 6.92 Å². The normalized spacial score (nSPS) is 29.5. The standard InChI is InChI=1S/C10H13NO4.C2H4O2/c12-5-7-8(13)9(14)10(15-7)6-2-1-3-11-4-6;1-2(3)4/h1-4,7-10,12-14H,5H2;1H3,(H,3,4)/t7-,8-,9-,10+;/m1./s1. The summed E-state index contributed by atoms with van der Waals surface area (Å²) in [4.78, 5) is 12.9. The first-order valence-electron chi connectivity index (χ1n) is 5.69. The number of rotatable bonds is 2. The predicted octanol–water partition coefficient (Wildman–Crippen LogP) is -0.673. The molecule has 0 spiro atoms. The SMILES string of the molecule is CC(=O)O.OC[C@H]1O[C@@H](c2cccnc2)[C@H](O)[C@@H]1O. The maximum atomic E-state index is 9.70. The van der Waals surface area contributed by atoms with Crippen LogP contribution in [0.3, 0.4) is 0 Å². The summed E-state index contributed by atoms with van der Waals surface area (Å²) in [6.45, 7) is 0.773. The number of hydrogen-bond acceptors (Lipinski definition) is 6. The maximum absolute atomic E-state index is 9.70. The number of ether oxygens (including phenoxy) is 1. The number of carboxylic acid groups (broad SMARTS) is 1. The lowest BCUT2D eigenvalue weighted by Crippen LogP contribution is -2.32. The topological polar surface area (TPSA) is 120 Å². The highest BCUT2D eigenvalue weighted by Crippen LogP contribution is 2.32. The lowest BCUT2D eigenvalue weighted by Gasteiger charge is -2.13. The third-order valence-electron chi connectivity index (χ3n) is 2.56. The highest BCUT2D eigenvalue weighted by atomic mass is 16.6. The minimum atomic E-state index is -1.06. The van der Waals surface area contributed by atoms with Crippen molar-refractivity contribution in [1.29, 1.82) is 0 Å². The first kappa shape index (κ1) is 15.5. The molecule has 1 fully saturated rings. The number of pyridine rings is 1. The zero-order valence-electron chi connectivity index (χ0n) is 10.4. The molecule has 106 valence electrons. The summed E-state index contributed by atoms with van der Waals surface area (Å²) in [5.74, 6) is -0.833. The van der Waals surface area contributed by atoms with Gasteiger partial charge >= 0.3 is 0 Å². The molecule has 4 atom stereocenters. The van der Waals surface area contributed by atoms with Gasteiger partial charge in [0.05, 0.1) is 6.61 Å². The van der Waals surface area contributed by atoms with Crippen LogP contribution in [-0.4, -0.2) is 56.3 Å². The van der Waals surface area contributed by atoms with Crippen molar-refractivity contribution in [3.8, 4) is 0 Å². The van der Waals surface area contributed by atoms with Gasteiger partial charge in [0.25, 0.3) is 5.97 Å². The molecular weight excluding hydrogens is 254 g/mol. The van der Waals surface area contributed by atoms with E-state index in [-0.39, 0.29) is 6.61 Å². The van der Waals surface area contributed by atoms with Crippen LogP contribution in [0.5, 0.6) is 0 Å². The van der Waals surface area contributed by atoms with Gasteiger partial charge in [0.1, 0.15) is 24.4 Å². The molecule has 19 heavy (non-hydrogen) atoms. The van der Waals surface area contributed by atoms with Gasteiger partial charge in [0.15, 0.2) is 0 Å². The number of carboxylic acids is 1. The molecule has 1 aliphatic heterocycles. The van der Waals surface area contributed by atoms with Gasteiger partial charge in [-0.3, -0.25) is 9.78 Å². The van der Waals surface area contributed by atoms with Crippen LogP contribution < -0.4 is 0 Å². The van der Waals surface area contributed by atoms with Crippen molar-refractivity contribution in [3.63, 3.8) is 0 Å². The second-order valence-corrected chi connectivity index (χ2v) is 4.06. The molecule has 0 unspecified atom stereocenters. The third kappa shape index (κ3) is 4.25. The largest absolute Gasteiger partial charge is 0.481 e. The molecule has 0 bridgehead atoms. The van der Waals surface area contributed by atoms with Gasteiger partial charge in [0, 0.05) is 24.9 Å². The highest BCUT2D eigenvalue weighted by molar-refractivity contribution is 5.62. The lowest BCUT2D eigenvalue weighted by atomic mass is 10.0. The van der Waals surface area contributed by atoms with E-state index in [1.54, 1.807) is 24.5 Å². The molecule has 1 aromatic heterocycles. The molecule has 0 aliphatic carbocycles. The minimum Gasteiger partial charge on any atom is -0.481 e. The Hall–Kier alpha value is -1.54. The van der Waals surface area contributed by atoms with Gasteiger partial charge in [-0.1, -0.05) is 6.07 Å². The summed E-state index contributed by atoms with van der Waals surface area (Å²) in [6, 6.07) is 3.48. The Kier molecular flexibility index (Phi) is 5.84. The van der Waals surface area contributed by atoms with Crippen LogP contribution in [0.1, 0.15) is 18.6 Å². The van der Waals surface area contributed by atoms with Crippen LogP contribution in [0.15, 0.2) is 24.5 Å². The summed E-state index contributed by atoms with van der Waals surface area (Å²) in [7, 11) is 0. The smallest absolute Gasteiger partial charge is 0.300 e. The van der Waals surface area contributed by atoms with E-state index in [9.17, 15) is 10.2 Å². The number of aliphatic carboxylic acids is 1. The van der Waals surface area contributed by atoms with E-state index in [1.807, 2.05) is 0 Å². The lowest BCUT2D eigenvalue weighted by molar-refractivity contribution is -0.134. The van der Waals surface area contributed by atoms with E-state index in [1.165, 1.54) is 0 Å². The van der Waals surface area contributed by atoms with Gasteiger partial charge in [-0.2, -0.15) is 0 Å². The Bertz CT molecular complexity index is 394. The molecule has 7 nitrogen and oxygen atoms in total. The number of aliphatic hydroxyl groups excluding tert-OH is 3. The molecule has 0 amide bonds. The number of aromatic nitrogens is 1. The van der Waals surface area contributed by atoms with Crippen molar-refractivity contribution in [2.45, 2.75) is 31.3 Å². The molecule has 1 saturated heterocycles. The fourth-order valence-electron chi connectivity index (χ4n) is 1.72. The van der Waals surface area contributed by atoms with Crippen LogP contribution in [0.4, 0.5) is 0 Å². The molecule has 4 N–H and O–H groups in total. The second kappa shape index (κ2) is 7.15. The van der Waals surface area contributed by atoms with Gasteiger partial charge in [-0.25, -0.2) is 0 Å². The summed E-state index contributed by atoms with van der Waals surface area (Å²) in [5, 5.41) is 35.6. The average molecular weight is 271 g/mol. The van der Waals surface area contributed by atoms with E-state index in [4.69, 9.17) is 19.7 Å². The molecule has 1 aromatic rings. The molecular formula is C12H17NO6. The van der Waals surface area contributed by atoms with Crippen molar-refractivity contribution in [2.24, 2.45) is 0 Å². The fourth-order valence-corrected chi connectivity index (χ4v) is 1.72. The Balaban J connectivity index is 0.000000399. The summed E-state index contributed by atoms with van der Waals surface area (Å²) in [6.07, 6.45) is -0.242. The van der Waals surface area contributed by atoms with Gasteiger partial charge in [0.2, 0.25) is 0 Å². The fraction of sp³-hybridized carbons (Fsp3) is 0.500. The van der Waals surface area contributed by atoms with Gasteiger partial charge in [-0.15, -0.1) is 0 Å². The van der Waals surface area contributed by atoms with Crippen LogP contribution in [0.2, 0.25) is 0 Å². The number of carbonyl (C=O) groups is 1. The van der Waals surface area contributed by atoms with Crippen LogP contribution in [-0.2, 0) is 9.53 Å². The van der Waals surface area contributed by atoms with Crippen LogP contribution in [0, 0.1) is 0 Å². The highest BCUT2D eigenvalue weighted by Gasteiger charge is 2.42. The van der Waals surface area contributed by atoms with E-state index in [0.29, 0.717) is 5.56 Å². The van der Waals surface area contributed by atoms with Crippen molar-refractivity contribution in [3.05, 3.63) is 30.1 Å². The summed E-state index contributed by atoms with van der Waals surface area (Å²) >= 11 is 0. The average Bonchev–Trinajstić information content (AvgIpc) is 2.66. The molecule has 0 radical (unpaired) electrons. The van der Waals surface area contributed by atoms with E-state index >= 15 is 0 Å². The minimum absolute atomic E-state index is 0.311. The summed E-state index contributed by atoms with van der Waals surface area (Å²) < 4.78 is 5.33. The Morgan fingerprint density at radius 3 is 2.47 bits per heavy atom. The third-order valence-corrected chi connectivity index (χ3v) is 2.56. The Morgan fingerprint density at radius 1 is 1.42 bits per heavy atom. The number of aliphatic hydroxyl groups is 3. The van der Waals surface area contributed by atoms with Crippen molar-refractivity contribution in [2.75, 3.05) is 6.61 Å². The predicted molar refractivity (Wildman–Crippen MR) is 64.3 cm³/mol. The second-order valence-electron chi connectivity index (χ2n) is 4.06. The monoisotopic (exact) mass is 271 g/mol. The van der Waals surface area contributed by atoms with E-state index < -0.39 is 30.4 Å². The van der Waals surface area contributed by atoms with Crippen LogP contribution in [0.25, 0.3) is 0 Å². The maximum Gasteiger partial charge on any atom is 0.300 e. The van der Waals surface area contributed by atoms with E-state index in [2.05, 4.69) is 4.98 Å². The first-order chi connectivity index (χ1) is 8.97. The summed E-state index contributed by atoms with van der Waals surface area (Å²) in [5.41, 5.74) is 0.694. The Labute approximate surface area is 110 Å². The molecule has 0 saturated carbocycles. The van der Waals surface area contributed by atoms with Gasteiger partial charge in [-0.05, 0) is 6.07 Å². The zero-order valence-corrected chi connectivity index (χ0v) is 10.4. The quantitative estimate of drug-likeness (QED) is 0.562. The van der Waals surface area contributed by atoms with Crippen molar-refractivity contribution >= 4 is 5.97 Å². The zero-order chi connectivity index (χ0) is 14.4. The molecule has 0 aromatic carbocycles. The molecule has 1 aliphatic rings. The number of nitrogens with zero attached hydrogens (tertiary/aromatic N) is 1. The van der Waals surface area contributed by atoms with Crippen LogP contribution >= 0.6 is 0 Å². The molecule has 2 rings (SSSR count). The molecule has 2 heterocycles.